The molecule has 0 aromatic heterocycles. The summed E-state index contributed by atoms with van der Waals surface area (Å²) in [5.74, 6) is -1.04. The Morgan fingerprint density at radius 2 is 1.53 bits per heavy atom. The van der Waals surface area contributed by atoms with Crippen molar-refractivity contribution in [1.82, 2.24) is 0 Å². The minimum Gasteiger partial charge on any atom is -0.478 e. The fourth-order valence-electron chi connectivity index (χ4n) is 2.53. The Kier molecular flexibility index (Phi) is 4.24. The van der Waals surface area contributed by atoms with Gasteiger partial charge >= 0.3 is 5.97 Å². The number of carbonyl (C=O) groups is 1. The van der Waals surface area contributed by atoms with Crippen molar-refractivity contribution in [2.45, 2.75) is 48.7 Å². The van der Waals surface area contributed by atoms with Crippen molar-refractivity contribution in [3.05, 3.63) is 29.8 Å². The molecule has 1 aromatic rings. The van der Waals surface area contributed by atoms with Crippen LogP contribution in [0.15, 0.2) is 29.2 Å². The average molecular weight is 282 g/mol. The highest BCUT2D eigenvalue weighted by atomic mass is 32.2. The summed E-state index contributed by atoms with van der Waals surface area (Å²) in [5, 5.41) is 8.50. The minimum absolute atomic E-state index is 0.111. The third-order valence-electron chi connectivity index (χ3n) is 3.67. The standard InChI is InChI=1S/C14H18O4S/c15-14(16)11-7-9-13(10-8-11)19(17,18)12-5-3-1-2-4-6-12/h7-10,12H,1-6H2,(H,15,16). The van der Waals surface area contributed by atoms with Crippen LogP contribution in [-0.4, -0.2) is 24.7 Å². The van der Waals surface area contributed by atoms with E-state index in [-0.39, 0.29) is 15.7 Å². The Labute approximate surface area is 113 Å². The van der Waals surface area contributed by atoms with E-state index < -0.39 is 15.8 Å². The van der Waals surface area contributed by atoms with Crippen molar-refractivity contribution in [1.29, 1.82) is 0 Å². The number of rotatable bonds is 3. The Morgan fingerprint density at radius 3 is 2.00 bits per heavy atom. The van der Waals surface area contributed by atoms with E-state index >= 15 is 0 Å². The molecule has 0 spiro atoms. The van der Waals surface area contributed by atoms with Crippen molar-refractivity contribution in [3.8, 4) is 0 Å². The second-order valence-electron chi connectivity index (χ2n) is 4.99. The van der Waals surface area contributed by atoms with Crippen LogP contribution < -0.4 is 0 Å². The van der Waals surface area contributed by atoms with Crippen LogP contribution in [0.5, 0.6) is 0 Å². The minimum atomic E-state index is -3.32. The van der Waals surface area contributed by atoms with Crippen LogP contribution >= 0.6 is 0 Å². The third-order valence-corrected chi connectivity index (χ3v) is 5.95. The Morgan fingerprint density at radius 1 is 1.00 bits per heavy atom. The van der Waals surface area contributed by atoms with Gasteiger partial charge in [-0.15, -0.1) is 0 Å². The Balaban J connectivity index is 2.25. The largest absolute Gasteiger partial charge is 0.478 e. The number of hydrogen-bond donors (Lipinski definition) is 1. The van der Waals surface area contributed by atoms with E-state index in [1.54, 1.807) is 0 Å². The maximum atomic E-state index is 12.5. The summed E-state index contributed by atoms with van der Waals surface area (Å²) in [6.07, 6.45) is 5.54. The van der Waals surface area contributed by atoms with Crippen molar-refractivity contribution in [2.75, 3.05) is 0 Å². The molecule has 0 atom stereocenters. The molecule has 19 heavy (non-hydrogen) atoms. The van der Waals surface area contributed by atoms with Crippen LogP contribution in [0.2, 0.25) is 0 Å². The first kappa shape index (κ1) is 14.1. The molecule has 0 bridgehead atoms. The van der Waals surface area contributed by atoms with Gasteiger partial charge in [-0.2, -0.15) is 0 Å². The van der Waals surface area contributed by atoms with Crippen LogP contribution in [0.1, 0.15) is 48.9 Å². The molecule has 104 valence electrons. The number of aromatic carboxylic acids is 1. The molecule has 0 saturated heterocycles. The first-order valence-corrected chi connectivity index (χ1v) is 8.14. The summed E-state index contributed by atoms with van der Waals surface area (Å²) in [7, 11) is -3.32. The van der Waals surface area contributed by atoms with Crippen LogP contribution in [0, 0.1) is 0 Å². The number of carboxylic acid groups (broad SMARTS) is 1. The lowest BCUT2D eigenvalue weighted by atomic mass is 10.2. The number of benzene rings is 1. The molecular formula is C14H18O4S. The van der Waals surface area contributed by atoms with Gasteiger partial charge in [-0.05, 0) is 37.1 Å². The summed E-state index contributed by atoms with van der Waals surface area (Å²) in [6, 6.07) is 5.52. The van der Waals surface area contributed by atoms with Gasteiger partial charge in [-0.3, -0.25) is 0 Å². The van der Waals surface area contributed by atoms with Crippen LogP contribution in [-0.2, 0) is 9.84 Å². The zero-order valence-electron chi connectivity index (χ0n) is 10.7. The Bertz CT molecular complexity index is 537. The number of hydrogen-bond acceptors (Lipinski definition) is 3. The number of carboxylic acids is 1. The summed E-state index contributed by atoms with van der Waals surface area (Å²) in [5.41, 5.74) is 0.111. The van der Waals surface area contributed by atoms with Gasteiger partial charge < -0.3 is 5.11 Å². The van der Waals surface area contributed by atoms with Crippen molar-refractivity contribution in [2.24, 2.45) is 0 Å². The molecule has 0 amide bonds. The maximum Gasteiger partial charge on any atom is 0.335 e. The van der Waals surface area contributed by atoms with E-state index in [0.717, 1.165) is 25.7 Å². The molecule has 1 aliphatic rings. The first-order valence-electron chi connectivity index (χ1n) is 6.59. The van der Waals surface area contributed by atoms with E-state index in [4.69, 9.17) is 5.11 Å². The van der Waals surface area contributed by atoms with Crippen LogP contribution in [0.4, 0.5) is 0 Å². The molecule has 2 rings (SSSR count). The summed E-state index contributed by atoms with van der Waals surface area (Å²) in [6.45, 7) is 0. The lowest BCUT2D eigenvalue weighted by Crippen LogP contribution is -2.20. The fraction of sp³-hybridized carbons (Fsp3) is 0.500. The van der Waals surface area contributed by atoms with E-state index in [0.29, 0.717) is 12.8 Å². The van der Waals surface area contributed by atoms with Crippen LogP contribution in [0.3, 0.4) is 0 Å². The molecular weight excluding hydrogens is 264 g/mol. The predicted molar refractivity (Wildman–Crippen MR) is 72.1 cm³/mol. The monoisotopic (exact) mass is 282 g/mol. The van der Waals surface area contributed by atoms with Gasteiger partial charge in [0.1, 0.15) is 0 Å². The second kappa shape index (κ2) is 5.74. The topological polar surface area (TPSA) is 71.4 Å². The lowest BCUT2D eigenvalue weighted by Gasteiger charge is -2.15. The second-order valence-corrected chi connectivity index (χ2v) is 7.22. The Hall–Kier alpha value is -1.36. The lowest BCUT2D eigenvalue weighted by molar-refractivity contribution is 0.0697. The van der Waals surface area contributed by atoms with Crippen molar-refractivity contribution >= 4 is 15.8 Å². The molecule has 5 heteroatoms. The fourth-order valence-corrected chi connectivity index (χ4v) is 4.39. The summed E-state index contributed by atoms with van der Waals surface area (Å²) >= 11 is 0. The quantitative estimate of drug-likeness (QED) is 0.865. The summed E-state index contributed by atoms with van der Waals surface area (Å²) in [4.78, 5) is 11.0. The molecule has 1 saturated carbocycles. The number of sulfone groups is 1. The average Bonchev–Trinajstić information content (AvgIpc) is 2.68. The van der Waals surface area contributed by atoms with E-state index in [9.17, 15) is 13.2 Å². The molecule has 0 aliphatic heterocycles. The third kappa shape index (κ3) is 3.15. The molecule has 4 nitrogen and oxygen atoms in total. The SMILES string of the molecule is O=C(O)c1ccc(S(=O)(=O)C2CCCCCC2)cc1. The van der Waals surface area contributed by atoms with Gasteiger partial charge in [0.2, 0.25) is 0 Å². The summed E-state index contributed by atoms with van der Waals surface area (Å²) < 4.78 is 24.9. The zero-order chi connectivity index (χ0) is 13.9. The van der Waals surface area contributed by atoms with Gasteiger partial charge in [0.05, 0.1) is 15.7 Å². The van der Waals surface area contributed by atoms with Gasteiger partial charge in [0.25, 0.3) is 0 Å². The molecule has 1 aromatic carbocycles. The molecule has 1 fully saturated rings. The smallest absolute Gasteiger partial charge is 0.335 e. The highest BCUT2D eigenvalue weighted by Gasteiger charge is 2.28. The molecule has 0 radical (unpaired) electrons. The van der Waals surface area contributed by atoms with E-state index in [1.807, 2.05) is 0 Å². The molecule has 1 N–H and O–H groups in total. The zero-order valence-corrected chi connectivity index (χ0v) is 11.5. The first-order chi connectivity index (χ1) is 9.01. The van der Waals surface area contributed by atoms with Gasteiger partial charge in [0, 0.05) is 0 Å². The highest BCUT2D eigenvalue weighted by Crippen LogP contribution is 2.27. The molecule has 0 heterocycles. The van der Waals surface area contributed by atoms with E-state index in [1.165, 1.54) is 24.3 Å². The van der Waals surface area contributed by atoms with E-state index in [2.05, 4.69) is 0 Å². The predicted octanol–water partition coefficient (Wildman–Crippen LogP) is 2.88. The molecule has 0 unspecified atom stereocenters. The van der Waals surface area contributed by atoms with Gasteiger partial charge in [-0.1, -0.05) is 25.7 Å². The van der Waals surface area contributed by atoms with Gasteiger partial charge in [-0.25, -0.2) is 13.2 Å². The van der Waals surface area contributed by atoms with Crippen LogP contribution in [0.25, 0.3) is 0 Å². The van der Waals surface area contributed by atoms with Gasteiger partial charge in [0.15, 0.2) is 9.84 Å². The van der Waals surface area contributed by atoms with Crippen molar-refractivity contribution in [3.63, 3.8) is 0 Å². The maximum absolute atomic E-state index is 12.5. The van der Waals surface area contributed by atoms with Crippen molar-refractivity contribution < 1.29 is 18.3 Å². The highest BCUT2D eigenvalue weighted by molar-refractivity contribution is 7.92. The molecule has 1 aliphatic carbocycles. The normalized spacial score (nSPS) is 17.9.